The Morgan fingerprint density at radius 2 is 2.00 bits per heavy atom. The predicted molar refractivity (Wildman–Crippen MR) is 45.6 cm³/mol. The van der Waals surface area contributed by atoms with E-state index in [1.807, 2.05) is 0 Å². The molecular formula is C8H13NO4. The Morgan fingerprint density at radius 3 is 2.38 bits per heavy atom. The van der Waals surface area contributed by atoms with Crippen molar-refractivity contribution in [2.24, 2.45) is 11.7 Å². The molecule has 0 aliphatic carbocycles. The number of esters is 1. The monoisotopic (exact) mass is 187 g/mol. The van der Waals surface area contributed by atoms with E-state index >= 15 is 0 Å². The van der Waals surface area contributed by atoms with E-state index in [1.54, 1.807) is 13.8 Å². The molecule has 5 heteroatoms. The van der Waals surface area contributed by atoms with Crippen LogP contribution in [0.2, 0.25) is 0 Å². The molecule has 0 saturated heterocycles. The lowest BCUT2D eigenvalue weighted by Gasteiger charge is -2.16. The number of hydrogen-bond acceptors (Lipinski definition) is 4. The topological polar surface area (TPSA) is 78.6 Å². The van der Waals surface area contributed by atoms with Crippen LogP contribution < -0.4 is 5.73 Å². The highest BCUT2D eigenvalue weighted by Gasteiger charge is 2.23. The Balaban J connectivity index is 4.07. The molecule has 0 spiro atoms. The molecule has 2 unspecified atom stereocenters. The number of carbonyl (C=O) groups is 2. The molecule has 2 atom stereocenters. The second kappa shape index (κ2) is 5.18. The first-order valence-corrected chi connectivity index (χ1v) is 3.76. The summed E-state index contributed by atoms with van der Waals surface area (Å²) in [6.07, 6.45) is -0.494. The quantitative estimate of drug-likeness (QED) is 0.521. The molecule has 0 rings (SSSR count). The van der Waals surface area contributed by atoms with Crippen molar-refractivity contribution in [3.05, 3.63) is 12.8 Å². The van der Waals surface area contributed by atoms with Crippen molar-refractivity contribution >= 4 is 12.1 Å². The fourth-order valence-electron chi connectivity index (χ4n) is 0.666. The smallest absolute Gasteiger partial charge is 0.404 e. The van der Waals surface area contributed by atoms with Gasteiger partial charge in [-0.2, -0.15) is 0 Å². The molecular weight excluding hydrogens is 174 g/mol. The van der Waals surface area contributed by atoms with Gasteiger partial charge in [-0.15, -0.1) is 0 Å². The maximum absolute atomic E-state index is 11.0. The lowest BCUT2D eigenvalue weighted by Crippen LogP contribution is -2.30. The normalized spacial score (nSPS) is 14.0. The fraction of sp³-hybridized carbons (Fsp3) is 0.500. The van der Waals surface area contributed by atoms with Crippen LogP contribution in [-0.4, -0.2) is 18.2 Å². The SMILES string of the molecule is C=COC(=O)C(C)C(C)OC(N)=O. The summed E-state index contributed by atoms with van der Waals surface area (Å²) in [6.45, 7) is 6.35. The van der Waals surface area contributed by atoms with Crippen LogP contribution in [0.15, 0.2) is 12.8 Å². The molecule has 5 nitrogen and oxygen atoms in total. The van der Waals surface area contributed by atoms with Gasteiger partial charge in [-0.05, 0) is 13.8 Å². The van der Waals surface area contributed by atoms with Gasteiger partial charge < -0.3 is 15.2 Å². The molecule has 1 amide bonds. The largest absolute Gasteiger partial charge is 0.446 e. The Hall–Kier alpha value is -1.52. The minimum absolute atomic E-state index is 0.510. The average Bonchev–Trinajstić information content (AvgIpc) is 2.02. The van der Waals surface area contributed by atoms with E-state index in [9.17, 15) is 9.59 Å². The van der Waals surface area contributed by atoms with Gasteiger partial charge in [-0.3, -0.25) is 4.79 Å². The average molecular weight is 187 g/mol. The van der Waals surface area contributed by atoms with Gasteiger partial charge in [0.15, 0.2) is 0 Å². The van der Waals surface area contributed by atoms with Crippen LogP contribution in [0, 0.1) is 5.92 Å². The minimum atomic E-state index is -0.911. The third-order valence-corrected chi connectivity index (χ3v) is 1.58. The zero-order chi connectivity index (χ0) is 10.4. The number of nitrogens with two attached hydrogens (primary N) is 1. The Labute approximate surface area is 76.5 Å². The van der Waals surface area contributed by atoms with Gasteiger partial charge in [0.2, 0.25) is 0 Å². The molecule has 13 heavy (non-hydrogen) atoms. The summed E-state index contributed by atoms with van der Waals surface area (Å²) >= 11 is 0. The minimum Gasteiger partial charge on any atom is -0.446 e. The Morgan fingerprint density at radius 1 is 1.46 bits per heavy atom. The zero-order valence-corrected chi connectivity index (χ0v) is 7.65. The van der Waals surface area contributed by atoms with Gasteiger partial charge in [0.05, 0.1) is 12.2 Å². The fourth-order valence-corrected chi connectivity index (χ4v) is 0.666. The van der Waals surface area contributed by atoms with Crippen molar-refractivity contribution in [3.63, 3.8) is 0 Å². The van der Waals surface area contributed by atoms with Crippen molar-refractivity contribution in [2.45, 2.75) is 20.0 Å². The molecule has 0 bridgehead atoms. The van der Waals surface area contributed by atoms with Crippen LogP contribution in [0.1, 0.15) is 13.8 Å². The van der Waals surface area contributed by atoms with E-state index in [2.05, 4.69) is 16.1 Å². The number of rotatable bonds is 4. The lowest BCUT2D eigenvalue weighted by atomic mass is 10.1. The van der Waals surface area contributed by atoms with E-state index in [-0.39, 0.29) is 0 Å². The van der Waals surface area contributed by atoms with Gasteiger partial charge in [-0.1, -0.05) is 6.58 Å². The van der Waals surface area contributed by atoms with Crippen molar-refractivity contribution in [1.82, 2.24) is 0 Å². The van der Waals surface area contributed by atoms with Gasteiger partial charge >= 0.3 is 12.1 Å². The van der Waals surface area contributed by atoms with E-state index in [0.29, 0.717) is 0 Å². The summed E-state index contributed by atoms with van der Waals surface area (Å²) < 4.78 is 9.08. The molecule has 0 heterocycles. The van der Waals surface area contributed by atoms with Crippen molar-refractivity contribution in [2.75, 3.05) is 0 Å². The summed E-state index contributed by atoms with van der Waals surface area (Å²) in [6, 6.07) is 0. The first kappa shape index (κ1) is 11.5. The van der Waals surface area contributed by atoms with E-state index in [0.717, 1.165) is 6.26 Å². The molecule has 0 saturated carbocycles. The molecule has 0 radical (unpaired) electrons. The maximum atomic E-state index is 11.0. The Bertz CT molecular complexity index is 214. The summed E-state index contributed by atoms with van der Waals surface area (Å²) in [7, 11) is 0. The highest BCUT2D eigenvalue weighted by Crippen LogP contribution is 2.08. The molecule has 2 N–H and O–H groups in total. The number of hydrogen-bond donors (Lipinski definition) is 1. The van der Waals surface area contributed by atoms with Gasteiger partial charge in [0, 0.05) is 0 Å². The first-order chi connectivity index (χ1) is 5.99. The Kier molecular flexibility index (Phi) is 4.58. The molecule has 0 aromatic carbocycles. The lowest BCUT2D eigenvalue weighted by molar-refractivity contribution is -0.145. The molecule has 0 aromatic rings. The predicted octanol–water partition coefficient (Wildman–Crippen LogP) is 0.793. The van der Waals surface area contributed by atoms with Crippen LogP contribution in [0.5, 0.6) is 0 Å². The molecule has 0 fully saturated rings. The highest BCUT2D eigenvalue weighted by molar-refractivity contribution is 5.74. The number of carbonyl (C=O) groups excluding carboxylic acids is 2. The second-order valence-corrected chi connectivity index (χ2v) is 2.53. The highest BCUT2D eigenvalue weighted by atomic mass is 16.6. The zero-order valence-electron chi connectivity index (χ0n) is 7.65. The van der Waals surface area contributed by atoms with E-state index < -0.39 is 24.1 Å². The van der Waals surface area contributed by atoms with Crippen LogP contribution in [0.4, 0.5) is 4.79 Å². The van der Waals surface area contributed by atoms with Crippen LogP contribution in [0.25, 0.3) is 0 Å². The first-order valence-electron chi connectivity index (χ1n) is 3.76. The number of primary amides is 1. The van der Waals surface area contributed by atoms with Gasteiger partial charge in [-0.25, -0.2) is 4.79 Å². The molecule has 0 aliphatic heterocycles. The van der Waals surface area contributed by atoms with Gasteiger partial charge in [0.1, 0.15) is 6.10 Å². The van der Waals surface area contributed by atoms with Crippen LogP contribution in [-0.2, 0) is 14.3 Å². The molecule has 0 aromatic heterocycles. The molecule has 0 aliphatic rings. The van der Waals surface area contributed by atoms with Crippen LogP contribution in [0.3, 0.4) is 0 Å². The summed E-state index contributed by atoms with van der Waals surface area (Å²) in [5.74, 6) is -1.07. The van der Waals surface area contributed by atoms with Crippen molar-refractivity contribution in [3.8, 4) is 0 Å². The third kappa shape index (κ3) is 4.15. The van der Waals surface area contributed by atoms with Gasteiger partial charge in [0.25, 0.3) is 0 Å². The maximum Gasteiger partial charge on any atom is 0.404 e. The summed E-state index contributed by atoms with van der Waals surface area (Å²) in [5, 5.41) is 0. The second-order valence-electron chi connectivity index (χ2n) is 2.53. The van der Waals surface area contributed by atoms with Crippen LogP contribution >= 0.6 is 0 Å². The van der Waals surface area contributed by atoms with E-state index in [4.69, 9.17) is 5.73 Å². The number of amides is 1. The number of ether oxygens (including phenoxy) is 2. The summed E-state index contributed by atoms with van der Waals surface area (Å²) in [4.78, 5) is 21.4. The standard InChI is InChI=1S/C8H13NO4/c1-4-12-7(10)5(2)6(3)13-8(9)11/h4-6H,1H2,2-3H3,(H2,9,11). The summed E-state index contributed by atoms with van der Waals surface area (Å²) in [5.41, 5.74) is 4.77. The van der Waals surface area contributed by atoms with E-state index in [1.165, 1.54) is 0 Å². The van der Waals surface area contributed by atoms with Crippen molar-refractivity contribution in [1.29, 1.82) is 0 Å². The van der Waals surface area contributed by atoms with Crippen molar-refractivity contribution < 1.29 is 19.1 Å². The molecule has 74 valence electrons. The third-order valence-electron chi connectivity index (χ3n) is 1.58.